The number of furan rings is 1. The molecule has 0 aliphatic carbocycles. The number of nitrogens with one attached hydrogen (secondary N) is 1. The molecule has 0 radical (unpaired) electrons. The molecule has 0 atom stereocenters. The van der Waals surface area contributed by atoms with E-state index in [9.17, 15) is 4.79 Å². The number of hydrogen-bond acceptors (Lipinski definition) is 6. The molecule has 1 N–H and O–H groups in total. The van der Waals surface area contributed by atoms with Crippen LogP contribution in [-0.4, -0.2) is 15.9 Å². The Labute approximate surface area is 143 Å². The van der Waals surface area contributed by atoms with Gasteiger partial charge in [-0.1, -0.05) is 22.9 Å². The van der Waals surface area contributed by atoms with E-state index in [2.05, 4.69) is 15.3 Å². The fourth-order valence-corrected chi connectivity index (χ4v) is 3.93. The van der Waals surface area contributed by atoms with Crippen LogP contribution in [0.4, 0.5) is 5.13 Å². The maximum absolute atomic E-state index is 12.3. The van der Waals surface area contributed by atoms with Gasteiger partial charge >= 0.3 is 0 Å². The van der Waals surface area contributed by atoms with Gasteiger partial charge in [0.05, 0.1) is 16.5 Å². The first-order valence-electron chi connectivity index (χ1n) is 6.54. The third-order valence-electron chi connectivity index (χ3n) is 3.08. The van der Waals surface area contributed by atoms with Crippen LogP contribution in [0, 0.1) is 0 Å². The number of rotatable bonds is 3. The van der Waals surface area contributed by atoms with Gasteiger partial charge in [-0.3, -0.25) is 10.1 Å². The molecule has 8 heteroatoms. The first-order valence-corrected chi connectivity index (χ1v) is 8.62. The van der Waals surface area contributed by atoms with E-state index in [1.165, 1.54) is 22.7 Å². The number of halogens is 1. The Hall–Kier alpha value is -2.22. The van der Waals surface area contributed by atoms with Crippen LogP contribution < -0.4 is 5.32 Å². The van der Waals surface area contributed by atoms with Crippen molar-refractivity contribution in [3.05, 3.63) is 52.9 Å². The lowest BCUT2D eigenvalue weighted by atomic mass is 10.3. The molecule has 4 rings (SSSR count). The minimum absolute atomic E-state index is 0.291. The zero-order chi connectivity index (χ0) is 15.8. The number of hydrogen-bond donors (Lipinski definition) is 1. The zero-order valence-electron chi connectivity index (χ0n) is 11.4. The second-order valence-electron chi connectivity index (χ2n) is 4.64. The van der Waals surface area contributed by atoms with E-state index in [0.717, 1.165) is 20.8 Å². The fourth-order valence-electron chi connectivity index (χ4n) is 2.01. The quantitative estimate of drug-likeness (QED) is 0.562. The average Bonchev–Trinajstić information content (AvgIpc) is 3.26. The fraction of sp³-hybridized carbons (Fsp3) is 0. The highest BCUT2D eigenvalue weighted by Crippen LogP contribution is 2.29. The number of amides is 1. The molecule has 23 heavy (non-hydrogen) atoms. The summed E-state index contributed by atoms with van der Waals surface area (Å²) in [6, 6.07) is 7.22. The monoisotopic (exact) mass is 361 g/mol. The standard InChI is InChI=1S/C15H8ClN3O2S2/c16-9-1-2-10-12(5-9)23-15(18-10)19-13(20)11-7-22-14(17-11)8-3-4-21-6-8/h1-7H,(H,18,19,20). The topological polar surface area (TPSA) is 68.0 Å². The molecule has 0 spiro atoms. The van der Waals surface area contributed by atoms with E-state index in [1.807, 2.05) is 12.1 Å². The zero-order valence-corrected chi connectivity index (χ0v) is 13.8. The first-order chi connectivity index (χ1) is 11.2. The van der Waals surface area contributed by atoms with E-state index >= 15 is 0 Å². The molecule has 114 valence electrons. The van der Waals surface area contributed by atoms with Crippen molar-refractivity contribution in [2.75, 3.05) is 5.32 Å². The van der Waals surface area contributed by atoms with Gasteiger partial charge in [-0.25, -0.2) is 9.97 Å². The van der Waals surface area contributed by atoms with Crippen molar-refractivity contribution in [3.8, 4) is 10.6 Å². The van der Waals surface area contributed by atoms with Gasteiger partial charge in [-0.15, -0.1) is 11.3 Å². The average molecular weight is 362 g/mol. The summed E-state index contributed by atoms with van der Waals surface area (Å²) in [5.74, 6) is -0.291. The number of fused-ring (bicyclic) bond motifs is 1. The molecule has 0 bridgehead atoms. The molecule has 3 aromatic heterocycles. The molecule has 0 saturated heterocycles. The van der Waals surface area contributed by atoms with Gasteiger partial charge in [0.1, 0.15) is 17.0 Å². The summed E-state index contributed by atoms with van der Waals surface area (Å²) in [7, 11) is 0. The predicted molar refractivity (Wildman–Crippen MR) is 92.4 cm³/mol. The Balaban J connectivity index is 1.57. The van der Waals surface area contributed by atoms with Gasteiger partial charge in [0.25, 0.3) is 5.91 Å². The number of carbonyl (C=O) groups excluding carboxylic acids is 1. The number of carbonyl (C=O) groups is 1. The van der Waals surface area contributed by atoms with Gasteiger partial charge in [0.15, 0.2) is 5.13 Å². The molecule has 5 nitrogen and oxygen atoms in total. The van der Waals surface area contributed by atoms with Crippen LogP contribution in [0.25, 0.3) is 20.8 Å². The summed E-state index contributed by atoms with van der Waals surface area (Å²) in [5, 5.41) is 6.38. The van der Waals surface area contributed by atoms with E-state index in [-0.39, 0.29) is 5.91 Å². The number of anilines is 1. The minimum atomic E-state index is -0.291. The number of aromatic nitrogens is 2. The van der Waals surface area contributed by atoms with Crippen molar-refractivity contribution in [2.45, 2.75) is 0 Å². The lowest BCUT2D eigenvalue weighted by Gasteiger charge is -1.96. The molecule has 0 aliphatic heterocycles. The van der Waals surface area contributed by atoms with Gasteiger partial charge in [0, 0.05) is 16.0 Å². The summed E-state index contributed by atoms with van der Waals surface area (Å²) in [6.07, 6.45) is 3.17. The Kier molecular flexibility index (Phi) is 3.60. The molecule has 0 saturated carbocycles. The highest BCUT2D eigenvalue weighted by molar-refractivity contribution is 7.22. The smallest absolute Gasteiger partial charge is 0.276 e. The van der Waals surface area contributed by atoms with Crippen molar-refractivity contribution in [1.29, 1.82) is 0 Å². The largest absolute Gasteiger partial charge is 0.472 e. The van der Waals surface area contributed by atoms with Gasteiger partial charge in [-0.05, 0) is 24.3 Å². The SMILES string of the molecule is O=C(Nc1nc2ccc(Cl)cc2s1)c1csc(-c2ccoc2)n1. The molecule has 1 aromatic carbocycles. The third kappa shape index (κ3) is 2.86. The maximum atomic E-state index is 12.3. The number of thiazole rings is 2. The third-order valence-corrected chi connectivity index (χ3v) is 5.14. The Bertz CT molecular complexity index is 991. The van der Waals surface area contributed by atoms with E-state index in [1.54, 1.807) is 30.0 Å². The Morgan fingerprint density at radius 2 is 2.17 bits per heavy atom. The maximum Gasteiger partial charge on any atom is 0.276 e. The molecule has 3 heterocycles. The lowest BCUT2D eigenvalue weighted by Crippen LogP contribution is -2.11. The second-order valence-corrected chi connectivity index (χ2v) is 6.96. The number of nitrogens with zero attached hydrogens (tertiary/aromatic N) is 2. The molecule has 0 aliphatic rings. The van der Waals surface area contributed by atoms with Crippen LogP contribution in [-0.2, 0) is 0 Å². The lowest BCUT2D eigenvalue weighted by molar-refractivity contribution is 0.102. The molecule has 4 aromatic rings. The van der Waals surface area contributed by atoms with Crippen LogP contribution in [0.2, 0.25) is 5.02 Å². The summed E-state index contributed by atoms with van der Waals surface area (Å²) < 4.78 is 5.95. The minimum Gasteiger partial charge on any atom is -0.472 e. The van der Waals surface area contributed by atoms with Crippen molar-refractivity contribution in [1.82, 2.24) is 9.97 Å². The van der Waals surface area contributed by atoms with E-state index < -0.39 is 0 Å². The van der Waals surface area contributed by atoms with Gasteiger partial charge in [-0.2, -0.15) is 0 Å². The molecular formula is C15H8ClN3O2S2. The summed E-state index contributed by atoms with van der Waals surface area (Å²) in [5.41, 5.74) is 2.00. The molecule has 0 fully saturated rings. The highest BCUT2D eigenvalue weighted by atomic mass is 35.5. The van der Waals surface area contributed by atoms with Crippen molar-refractivity contribution < 1.29 is 9.21 Å². The van der Waals surface area contributed by atoms with Crippen molar-refractivity contribution in [3.63, 3.8) is 0 Å². The van der Waals surface area contributed by atoms with Crippen LogP contribution in [0.1, 0.15) is 10.5 Å². The van der Waals surface area contributed by atoms with Crippen LogP contribution >= 0.6 is 34.3 Å². The van der Waals surface area contributed by atoms with Crippen LogP contribution in [0.5, 0.6) is 0 Å². The first kappa shape index (κ1) is 14.4. The normalized spacial score (nSPS) is 11.0. The van der Waals surface area contributed by atoms with Crippen molar-refractivity contribution >= 4 is 55.5 Å². The van der Waals surface area contributed by atoms with Crippen molar-refractivity contribution in [2.24, 2.45) is 0 Å². The van der Waals surface area contributed by atoms with E-state index in [4.69, 9.17) is 16.0 Å². The van der Waals surface area contributed by atoms with Gasteiger partial charge < -0.3 is 4.42 Å². The van der Waals surface area contributed by atoms with Crippen LogP contribution in [0.3, 0.4) is 0 Å². The van der Waals surface area contributed by atoms with Crippen LogP contribution in [0.15, 0.2) is 46.6 Å². The Morgan fingerprint density at radius 3 is 3.00 bits per heavy atom. The summed E-state index contributed by atoms with van der Waals surface area (Å²) in [4.78, 5) is 21.0. The molecule has 1 amide bonds. The highest BCUT2D eigenvalue weighted by Gasteiger charge is 2.14. The predicted octanol–water partition coefficient (Wildman–Crippen LogP) is 4.92. The second kappa shape index (κ2) is 5.77. The molecular weight excluding hydrogens is 354 g/mol. The summed E-state index contributed by atoms with van der Waals surface area (Å²) in [6.45, 7) is 0. The van der Waals surface area contributed by atoms with Gasteiger partial charge in [0.2, 0.25) is 0 Å². The van der Waals surface area contributed by atoms with E-state index in [0.29, 0.717) is 15.8 Å². The summed E-state index contributed by atoms with van der Waals surface area (Å²) >= 11 is 8.72. The number of benzene rings is 1. The Morgan fingerprint density at radius 1 is 1.26 bits per heavy atom. The molecule has 0 unspecified atom stereocenters.